The third-order valence-corrected chi connectivity index (χ3v) is 4.42. The molecule has 0 heterocycles. The van der Waals surface area contributed by atoms with Gasteiger partial charge in [-0.15, -0.1) is 0 Å². The molecule has 0 amide bonds. The van der Waals surface area contributed by atoms with E-state index in [0.29, 0.717) is 110 Å². The maximum absolute atomic E-state index is 11.2. The molecule has 11 nitrogen and oxygen atoms in total. The Bertz CT molecular complexity index is 686. The van der Waals surface area contributed by atoms with E-state index in [1.807, 2.05) is 12.1 Å². The highest BCUT2D eigenvalue weighted by molar-refractivity contribution is 5.86. The van der Waals surface area contributed by atoms with Gasteiger partial charge in [0.2, 0.25) is 0 Å². The molecule has 0 saturated heterocycles. The number of benzene rings is 1. The van der Waals surface area contributed by atoms with E-state index in [9.17, 15) is 4.79 Å². The van der Waals surface area contributed by atoms with Gasteiger partial charge in [-0.05, 0) is 31.2 Å². The van der Waals surface area contributed by atoms with Crippen LogP contribution in [-0.2, 0) is 42.7 Å². The molecule has 2 N–H and O–H groups in total. The van der Waals surface area contributed by atoms with Gasteiger partial charge in [-0.25, -0.2) is 4.79 Å². The molecule has 0 spiro atoms. The summed E-state index contributed by atoms with van der Waals surface area (Å²) in [5, 5.41) is 0. The number of anilines is 1. The van der Waals surface area contributed by atoms with Gasteiger partial charge < -0.3 is 48.4 Å². The topological polar surface area (TPSA) is 126 Å². The van der Waals surface area contributed by atoms with Crippen LogP contribution in [0.3, 0.4) is 0 Å². The van der Waals surface area contributed by atoms with Crippen LogP contribution in [0, 0.1) is 0 Å². The van der Waals surface area contributed by atoms with Crippen molar-refractivity contribution in [1.29, 1.82) is 0 Å². The molecule has 37 heavy (non-hydrogen) atoms. The van der Waals surface area contributed by atoms with Gasteiger partial charge in [0, 0.05) is 11.3 Å². The van der Waals surface area contributed by atoms with Gasteiger partial charge in [-0.3, -0.25) is 0 Å². The molecule has 0 unspecified atom stereocenters. The third-order valence-electron chi connectivity index (χ3n) is 4.42. The van der Waals surface area contributed by atoms with Gasteiger partial charge in [-0.2, -0.15) is 0 Å². The number of carbonyl (C=O) groups excluding carboxylic acids is 1. The Morgan fingerprint density at radius 1 is 0.595 bits per heavy atom. The summed E-state index contributed by atoms with van der Waals surface area (Å²) in [6, 6.07) is 7.24. The molecule has 1 aromatic carbocycles. The molecule has 1 rings (SSSR count). The van der Waals surface area contributed by atoms with Crippen LogP contribution in [0.15, 0.2) is 36.4 Å². The van der Waals surface area contributed by atoms with E-state index in [1.165, 1.54) is 0 Å². The highest BCUT2D eigenvalue weighted by atomic mass is 16.6. The molecule has 0 atom stereocenters. The van der Waals surface area contributed by atoms with Crippen LogP contribution in [0.5, 0.6) is 5.75 Å². The number of nitrogen functional groups attached to an aromatic ring is 1. The number of esters is 1. The summed E-state index contributed by atoms with van der Waals surface area (Å²) in [5.74, 6) is 0.357. The van der Waals surface area contributed by atoms with Crippen LogP contribution >= 0.6 is 0 Å². The van der Waals surface area contributed by atoms with Gasteiger partial charge >= 0.3 is 5.97 Å². The molecule has 0 aromatic heterocycles. The van der Waals surface area contributed by atoms with E-state index in [1.54, 1.807) is 19.1 Å². The maximum Gasteiger partial charge on any atom is 0.333 e. The zero-order valence-corrected chi connectivity index (χ0v) is 22.0. The molecule has 0 saturated carbocycles. The maximum atomic E-state index is 11.2. The minimum absolute atomic E-state index is 0.202. The second kappa shape index (κ2) is 24.1. The van der Waals surface area contributed by atoms with Crippen LogP contribution in [-0.4, -0.2) is 112 Å². The molecule has 212 valence electrons. The van der Waals surface area contributed by atoms with Crippen LogP contribution in [0.2, 0.25) is 0 Å². The number of nitrogens with two attached hydrogens (primary N) is 1. The van der Waals surface area contributed by atoms with Crippen molar-refractivity contribution in [2.24, 2.45) is 0 Å². The van der Waals surface area contributed by atoms with Crippen molar-refractivity contribution in [3.8, 4) is 5.75 Å². The molecule has 0 fully saturated rings. The summed E-state index contributed by atoms with van der Waals surface area (Å²) in [4.78, 5) is 11.2. The molecular weight excluding hydrogens is 486 g/mol. The lowest BCUT2D eigenvalue weighted by Gasteiger charge is -2.09. The number of rotatable bonds is 26. The summed E-state index contributed by atoms with van der Waals surface area (Å²) < 4.78 is 48.3. The van der Waals surface area contributed by atoms with E-state index in [0.717, 1.165) is 5.75 Å². The van der Waals surface area contributed by atoms with E-state index < -0.39 is 5.97 Å². The zero-order valence-electron chi connectivity index (χ0n) is 22.0. The Labute approximate surface area is 220 Å². The van der Waals surface area contributed by atoms with E-state index in [4.69, 9.17) is 48.4 Å². The second-order valence-corrected chi connectivity index (χ2v) is 7.62. The van der Waals surface area contributed by atoms with Crippen molar-refractivity contribution < 1.29 is 47.4 Å². The fourth-order valence-corrected chi connectivity index (χ4v) is 2.52. The fraction of sp³-hybridized carbons (Fsp3) is 0.654. The Morgan fingerprint density at radius 3 is 1.27 bits per heavy atom. The van der Waals surface area contributed by atoms with Gasteiger partial charge in [0.1, 0.15) is 19.0 Å². The highest BCUT2D eigenvalue weighted by Crippen LogP contribution is 2.12. The molecule has 1 aromatic rings. The molecule has 0 radical (unpaired) electrons. The van der Waals surface area contributed by atoms with Crippen molar-refractivity contribution >= 4 is 11.7 Å². The number of carbonyl (C=O) groups is 1. The monoisotopic (exact) mass is 529 g/mol. The average molecular weight is 530 g/mol. The Balaban J connectivity index is 1.67. The smallest absolute Gasteiger partial charge is 0.333 e. The number of hydrogen-bond donors (Lipinski definition) is 1. The summed E-state index contributed by atoms with van der Waals surface area (Å²) in [6.07, 6.45) is 0. The molecule has 0 bridgehead atoms. The third kappa shape index (κ3) is 21.5. The van der Waals surface area contributed by atoms with Crippen molar-refractivity contribution in [3.05, 3.63) is 36.4 Å². The normalized spacial score (nSPS) is 10.9. The fourth-order valence-electron chi connectivity index (χ4n) is 2.52. The molecular formula is C26H43NO10. The Hall–Kier alpha value is -2.25. The first-order chi connectivity index (χ1) is 18.1. The minimum atomic E-state index is -0.411. The summed E-state index contributed by atoms with van der Waals surface area (Å²) in [7, 11) is 0. The van der Waals surface area contributed by atoms with Gasteiger partial charge in [0.05, 0.1) is 92.5 Å². The minimum Gasteiger partial charge on any atom is -0.491 e. The summed E-state index contributed by atoms with van der Waals surface area (Å²) >= 11 is 0. The van der Waals surface area contributed by atoms with E-state index in [2.05, 4.69) is 6.58 Å². The number of hydrogen-bond acceptors (Lipinski definition) is 11. The van der Waals surface area contributed by atoms with Crippen molar-refractivity contribution in [2.45, 2.75) is 6.92 Å². The first-order valence-corrected chi connectivity index (χ1v) is 12.4. The predicted octanol–water partition coefficient (Wildman–Crippen LogP) is 1.88. The van der Waals surface area contributed by atoms with Crippen LogP contribution in [0.4, 0.5) is 5.69 Å². The predicted molar refractivity (Wildman–Crippen MR) is 138 cm³/mol. The molecule has 11 heteroatoms. The molecule has 0 aliphatic carbocycles. The Morgan fingerprint density at radius 2 is 0.919 bits per heavy atom. The van der Waals surface area contributed by atoms with Crippen LogP contribution < -0.4 is 10.5 Å². The first kappa shape index (κ1) is 32.8. The average Bonchev–Trinajstić information content (AvgIpc) is 2.89. The van der Waals surface area contributed by atoms with Gasteiger partial charge in [0.15, 0.2) is 0 Å². The van der Waals surface area contributed by atoms with Gasteiger partial charge in [0.25, 0.3) is 0 Å². The number of ether oxygens (including phenoxy) is 9. The summed E-state index contributed by atoms with van der Waals surface area (Å²) in [6.45, 7) is 12.4. The van der Waals surface area contributed by atoms with Crippen molar-refractivity contribution in [1.82, 2.24) is 0 Å². The zero-order chi connectivity index (χ0) is 26.8. The quantitative estimate of drug-likeness (QED) is 0.0818. The Kier molecular flexibility index (Phi) is 21.4. The molecule has 0 aliphatic rings. The van der Waals surface area contributed by atoms with E-state index in [-0.39, 0.29) is 6.61 Å². The van der Waals surface area contributed by atoms with Crippen LogP contribution in [0.1, 0.15) is 6.92 Å². The lowest BCUT2D eigenvalue weighted by atomic mass is 10.3. The molecule has 0 aliphatic heterocycles. The largest absolute Gasteiger partial charge is 0.491 e. The van der Waals surface area contributed by atoms with Crippen molar-refractivity contribution in [3.63, 3.8) is 0 Å². The van der Waals surface area contributed by atoms with Crippen molar-refractivity contribution in [2.75, 3.05) is 111 Å². The first-order valence-electron chi connectivity index (χ1n) is 12.4. The lowest BCUT2D eigenvalue weighted by molar-refractivity contribution is -0.140. The van der Waals surface area contributed by atoms with E-state index >= 15 is 0 Å². The second-order valence-electron chi connectivity index (χ2n) is 7.62. The summed E-state index contributed by atoms with van der Waals surface area (Å²) in [5.41, 5.74) is 6.70. The van der Waals surface area contributed by atoms with Crippen LogP contribution in [0.25, 0.3) is 0 Å². The SMILES string of the molecule is C=C(C)C(=O)OCCOCCOCCOCCOCCOCCOCCOCCOc1ccc(N)cc1. The van der Waals surface area contributed by atoms with Gasteiger partial charge in [-0.1, -0.05) is 6.58 Å². The standard InChI is InChI=1S/C26H43NO10/c1-23(2)26(28)37-22-20-35-18-16-33-14-12-31-10-8-29-7-9-30-11-13-32-15-17-34-19-21-36-25-5-3-24(27)4-6-25/h3-6H,1,7-22,27H2,2H3. The highest BCUT2D eigenvalue weighted by Gasteiger charge is 2.02. The lowest BCUT2D eigenvalue weighted by Crippen LogP contribution is -2.15.